The monoisotopic (exact) mass is 508 g/mol. The van der Waals surface area contributed by atoms with E-state index in [0.29, 0.717) is 30.4 Å². The number of ether oxygens (including phenoxy) is 2. The Morgan fingerprint density at radius 3 is 2.92 bits per heavy atom. The van der Waals surface area contributed by atoms with E-state index in [1.807, 2.05) is 6.92 Å². The Hall–Kier alpha value is -2.42. The molecular weight excluding hydrogens is 468 g/mol. The second-order valence-corrected chi connectivity index (χ2v) is 11.3. The molecule has 8 heteroatoms. The summed E-state index contributed by atoms with van der Waals surface area (Å²) in [6, 6.07) is 3.77. The molecule has 0 saturated carbocycles. The van der Waals surface area contributed by atoms with Crippen molar-refractivity contribution < 1.29 is 19.4 Å². The lowest BCUT2D eigenvalue weighted by Gasteiger charge is -2.37. The topological polar surface area (TPSA) is 97.7 Å². The maximum absolute atomic E-state index is 12.4. The van der Waals surface area contributed by atoms with Crippen LogP contribution in [0.4, 0.5) is 0 Å². The van der Waals surface area contributed by atoms with E-state index in [1.165, 1.54) is 55.4 Å². The first-order valence-electron chi connectivity index (χ1n) is 14.0. The van der Waals surface area contributed by atoms with Gasteiger partial charge in [-0.3, -0.25) is 14.7 Å². The largest absolute Gasteiger partial charge is 0.480 e. The highest BCUT2D eigenvalue weighted by atomic mass is 16.6. The number of aliphatic carboxylic acids is 1. The third-order valence-electron chi connectivity index (χ3n) is 8.19. The maximum atomic E-state index is 12.4. The Balaban J connectivity index is 1.09. The number of nitrogens with zero attached hydrogens (tertiary/aromatic N) is 4. The van der Waals surface area contributed by atoms with Gasteiger partial charge in [0.15, 0.2) is 0 Å². The summed E-state index contributed by atoms with van der Waals surface area (Å²) in [5, 5.41) is 10.1. The Bertz CT molecular complexity index is 1070. The maximum Gasteiger partial charge on any atom is 0.325 e. The standard InChI is InChI=1S/C29H40N4O4/c1-29(18-36-19-29)37-17-26-24(15-30-20-31-26)27(28(34)35)33-14-13-21(16-33)7-3-2-4-9-23-12-11-22-8-5-6-10-25(22)32-23/h11-12,15,20-21,27H,2-10,13-14,16-19H2,1H3,(H,34,35)/t21-,27?/m1/s1. The quantitative estimate of drug-likeness (QED) is 0.424. The molecule has 0 radical (unpaired) electrons. The van der Waals surface area contributed by atoms with Crippen LogP contribution in [0, 0.1) is 5.92 Å². The van der Waals surface area contributed by atoms with Crippen LogP contribution in [0.25, 0.3) is 0 Å². The molecule has 1 aliphatic carbocycles. The Morgan fingerprint density at radius 2 is 2.11 bits per heavy atom. The smallest absolute Gasteiger partial charge is 0.325 e. The second-order valence-electron chi connectivity index (χ2n) is 11.3. The van der Waals surface area contributed by atoms with Gasteiger partial charge in [-0.25, -0.2) is 9.97 Å². The van der Waals surface area contributed by atoms with Gasteiger partial charge in [-0.05, 0) is 82.4 Å². The van der Waals surface area contributed by atoms with Crippen molar-refractivity contribution in [2.45, 2.75) is 89.4 Å². The molecule has 2 atom stereocenters. The zero-order chi connectivity index (χ0) is 25.7. The number of carbonyl (C=O) groups is 1. The number of carboxylic acids is 1. The number of carboxylic acid groups (broad SMARTS) is 1. The molecule has 3 aliphatic rings. The summed E-state index contributed by atoms with van der Waals surface area (Å²) in [7, 11) is 0. The van der Waals surface area contributed by atoms with Crippen LogP contribution >= 0.6 is 0 Å². The van der Waals surface area contributed by atoms with E-state index in [-0.39, 0.29) is 12.2 Å². The fourth-order valence-electron chi connectivity index (χ4n) is 5.93. The average molecular weight is 509 g/mol. The van der Waals surface area contributed by atoms with Gasteiger partial charge in [0, 0.05) is 29.7 Å². The molecule has 0 amide bonds. The zero-order valence-corrected chi connectivity index (χ0v) is 22.0. The van der Waals surface area contributed by atoms with E-state index in [0.717, 1.165) is 45.2 Å². The highest BCUT2D eigenvalue weighted by Crippen LogP contribution is 2.32. The lowest BCUT2D eigenvalue weighted by Crippen LogP contribution is -2.49. The molecular formula is C29H40N4O4. The molecule has 1 unspecified atom stereocenters. The van der Waals surface area contributed by atoms with Crippen LogP contribution in [0.2, 0.25) is 0 Å². The van der Waals surface area contributed by atoms with E-state index in [4.69, 9.17) is 14.5 Å². The minimum absolute atomic E-state index is 0.262. The third-order valence-corrected chi connectivity index (χ3v) is 8.19. The molecule has 1 N–H and O–H groups in total. The molecule has 0 spiro atoms. The molecule has 4 heterocycles. The number of unbranched alkanes of at least 4 members (excludes halogenated alkanes) is 2. The van der Waals surface area contributed by atoms with Gasteiger partial charge in [0.2, 0.25) is 0 Å². The van der Waals surface area contributed by atoms with Crippen LogP contribution in [0.1, 0.15) is 86.1 Å². The summed E-state index contributed by atoms with van der Waals surface area (Å²) >= 11 is 0. The third kappa shape index (κ3) is 6.54. The van der Waals surface area contributed by atoms with E-state index in [1.54, 1.807) is 6.20 Å². The van der Waals surface area contributed by atoms with Crippen molar-refractivity contribution >= 4 is 5.97 Å². The fraction of sp³-hybridized carbons (Fsp3) is 0.655. The second kappa shape index (κ2) is 12.0. The predicted octanol–water partition coefficient (Wildman–Crippen LogP) is 4.31. The van der Waals surface area contributed by atoms with Crippen LogP contribution in [-0.4, -0.2) is 62.8 Å². The van der Waals surface area contributed by atoms with Crippen molar-refractivity contribution in [1.29, 1.82) is 0 Å². The highest BCUT2D eigenvalue weighted by molar-refractivity contribution is 5.75. The first-order valence-corrected chi connectivity index (χ1v) is 14.0. The summed E-state index contributed by atoms with van der Waals surface area (Å²) in [6.07, 6.45) is 14.7. The van der Waals surface area contributed by atoms with Crippen molar-refractivity contribution in [1.82, 2.24) is 19.9 Å². The molecule has 5 rings (SSSR count). The number of aryl methyl sites for hydroxylation is 3. The number of hydrogen-bond acceptors (Lipinski definition) is 7. The molecule has 8 nitrogen and oxygen atoms in total. The molecule has 2 fully saturated rings. The van der Waals surface area contributed by atoms with Crippen LogP contribution in [0.3, 0.4) is 0 Å². The van der Waals surface area contributed by atoms with Crippen molar-refractivity contribution in [2.24, 2.45) is 5.92 Å². The van der Waals surface area contributed by atoms with Gasteiger partial charge in [-0.15, -0.1) is 0 Å². The van der Waals surface area contributed by atoms with Gasteiger partial charge in [-0.2, -0.15) is 0 Å². The number of hydrogen-bond donors (Lipinski definition) is 1. The first-order chi connectivity index (χ1) is 18.0. The van der Waals surface area contributed by atoms with Crippen molar-refractivity contribution in [3.05, 3.63) is 52.9 Å². The number of rotatable bonds is 12. The molecule has 2 aromatic heterocycles. The number of aromatic nitrogens is 3. The number of likely N-dealkylation sites (tertiary alicyclic amines) is 1. The minimum atomic E-state index is -0.854. The van der Waals surface area contributed by atoms with Crippen LogP contribution in [0.15, 0.2) is 24.7 Å². The van der Waals surface area contributed by atoms with Crippen LogP contribution < -0.4 is 0 Å². The van der Waals surface area contributed by atoms with Crippen molar-refractivity contribution in [3.63, 3.8) is 0 Å². The molecule has 2 saturated heterocycles. The molecule has 0 aromatic carbocycles. The van der Waals surface area contributed by atoms with E-state index >= 15 is 0 Å². The number of fused-ring (bicyclic) bond motifs is 1. The normalized spacial score (nSPS) is 21.8. The molecule has 2 aromatic rings. The van der Waals surface area contributed by atoms with Gasteiger partial charge >= 0.3 is 5.97 Å². The van der Waals surface area contributed by atoms with Crippen molar-refractivity contribution in [3.8, 4) is 0 Å². The van der Waals surface area contributed by atoms with E-state index < -0.39 is 12.0 Å². The summed E-state index contributed by atoms with van der Waals surface area (Å²) in [4.78, 5) is 27.9. The molecule has 2 aliphatic heterocycles. The van der Waals surface area contributed by atoms with Gasteiger partial charge in [0.1, 0.15) is 18.0 Å². The van der Waals surface area contributed by atoms with E-state index in [2.05, 4.69) is 27.0 Å². The average Bonchev–Trinajstić information content (AvgIpc) is 3.35. The lowest BCUT2D eigenvalue weighted by molar-refractivity contribution is -0.205. The summed E-state index contributed by atoms with van der Waals surface area (Å²) in [5.41, 5.74) is 4.97. The van der Waals surface area contributed by atoms with E-state index in [9.17, 15) is 9.90 Å². The summed E-state index contributed by atoms with van der Waals surface area (Å²) < 4.78 is 11.3. The predicted molar refractivity (Wildman–Crippen MR) is 139 cm³/mol. The zero-order valence-electron chi connectivity index (χ0n) is 22.0. The van der Waals surface area contributed by atoms with Crippen molar-refractivity contribution in [2.75, 3.05) is 26.3 Å². The van der Waals surface area contributed by atoms with Gasteiger partial charge < -0.3 is 14.6 Å². The Labute approximate surface area is 219 Å². The Kier molecular flexibility index (Phi) is 8.47. The van der Waals surface area contributed by atoms with Crippen LogP contribution in [0.5, 0.6) is 0 Å². The first kappa shape index (κ1) is 26.2. The molecule has 0 bridgehead atoms. The van der Waals surface area contributed by atoms with Gasteiger partial charge in [0.05, 0.1) is 25.5 Å². The summed E-state index contributed by atoms with van der Waals surface area (Å²) in [5.74, 6) is -0.327. The minimum Gasteiger partial charge on any atom is -0.480 e. The number of pyridine rings is 1. The molecule has 200 valence electrons. The fourth-order valence-corrected chi connectivity index (χ4v) is 5.93. The lowest BCUT2D eigenvalue weighted by atomic mass is 9.95. The Morgan fingerprint density at radius 1 is 1.24 bits per heavy atom. The van der Waals surface area contributed by atoms with Gasteiger partial charge in [-0.1, -0.05) is 18.9 Å². The summed E-state index contributed by atoms with van der Waals surface area (Å²) in [6.45, 7) is 4.94. The molecule has 37 heavy (non-hydrogen) atoms. The van der Waals surface area contributed by atoms with Gasteiger partial charge in [0.25, 0.3) is 0 Å². The van der Waals surface area contributed by atoms with Crippen LogP contribution in [-0.2, 0) is 40.1 Å². The SMILES string of the molecule is CC1(OCc2ncncc2C(C(=O)O)N2CC[C@@H](CCCCCc3ccc4c(n3)CCCC4)C2)COC1. The highest BCUT2D eigenvalue weighted by Gasteiger charge is 2.37.